The van der Waals surface area contributed by atoms with Crippen molar-refractivity contribution in [2.45, 2.75) is 16.2 Å². The van der Waals surface area contributed by atoms with Crippen LogP contribution in [0, 0.1) is 0 Å². The molecule has 0 spiro atoms. The summed E-state index contributed by atoms with van der Waals surface area (Å²) in [5.41, 5.74) is 4.96. The first-order valence-electron chi connectivity index (χ1n) is 10.6. The van der Waals surface area contributed by atoms with E-state index in [2.05, 4.69) is 22.4 Å². The molecule has 3 aromatic carbocycles. The molecule has 0 radical (unpaired) electrons. The Balaban J connectivity index is 1.46. The quantitative estimate of drug-likeness (QED) is 0.326. The molecular formula is C27H20ClN3OS. The Kier molecular flexibility index (Phi) is 6.24. The van der Waals surface area contributed by atoms with Crippen LogP contribution in [-0.2, 0) is 6.42 Å². The molecule has 0 saturated heterocycles. The zero-order valence-corrected chi connectivity index (χ0v) is 19.2. The molecule has 33 heavy (non-hydrogen) atoms. The minimum Gasteiger partial charge on any atom is -0.352 e. The van der Waals surface area contributed by atoms with E-state index in [0.29, 0.717) is 23.6 Å². The van der Waals surface area contributed by atoms with Crippen molar-refractivity contribution in [2.75, 3.05) is 6.54 Å². The summed E-state index contributed by atoms with van der Waals surface area (Å²) in [6, 6.07) is 27.3. The van der Waals surface area contributed by atoms with E-state index in [1.807, 2.05) is 72.8 Å². The predicted molar refractivity (Wildman–Crippen MR) is 134 cm³/mol. The number of aliphatic imine (C=N–C) groups is 1. The van der Waals surface area contributed by atoms with Crippen LogP contribution >= 0.6 is 23.4 Å². The zero-order chi connectivity index (χ0) is 22.6. The van der Waals surface area contributed by atoms with Crippen molar-refractivity contribution in [1.82, 2.24) is 10.3 Å². The van der Waals surface area contributed by atoms with Crippen molar-refractivity contribution < 1.29 is 4.79 Å². The number of pyridine rings is 1. The van der Waals surface area contributed by atoms with Gasteiger partial charge in [0.2, 0.25) is 0 Å². The van der Waals surface area contributed by atoms with Gasteiger partial charge in [-0.1, -0.05) is 65.8 Å². The lowest BCUT2D eigenvalue weighted by Gasteiger charge is -2.10. The lowest BCUT2D eigenvalue weighted by atomic mass is 10.0. The lowest BCUT2D eigenvalue weighted by molar-refractivity contribution is 0.0954. The topological polar surface area (TPSA) is 54.4 Å². The fourth-order valence-corrected chi connectivity index (χ4v) is 4.92. The number of amides is 1. The van der Waals surface area contributed by atoms with Crippen LogP contribution in [-0.4, -0.2) is 23.1 Å². The van der Waals surface area contributed by atoms with Crippen LogP contribution in [0.4, 0.5) is 5.69 Å². The molecule has 6 heteroatoms. The molecule has 0 fully saturated rings. The number of aromatic nitrogens is 1. The summed E-state index contributed by atoms with van der Waals surface area (Å²) in [4.78, 5) is 24.2. The number of carbonyl (C=O) groups is 1. The predicted octanol–water partition coefficient (Wildman–Crippen LogP) is 6.34. The number of fused-ring (bicyclic) bond motifs is 2. The normalized spacial score (nSPS) is 12.2. The minimum absolute atomic E-state index is 0.130. The second kappa shape index (κ2) is 9.61. The summed E-state index contributed by atoms with van der Waals surface area (Å²) in [6.07, 6.45) is 2.44. The van der Waals surface area contributed by atoms with Gasteiger partial charge in [0.1, 0.15) is 0 Å². The zero-order valence-electron chi connectivity index (χ0n) is 17.7. The third kappa shape index (κ3) is 4.70. The van der Waals surface area contributed by atoms with E-state index in [4.69, 9.17) is 16.6 Å². The molecule has 162 valence electrons. The molecule has 4 nitrogen and oxygen atoms in total. The first-order chi connectivity index (χ1) is 16.2. The summed E-state index contributed by atoms with van der Waals surface area (Å²) in [6.45, 7) is 0.515. The molecule has 0 atom stereocenters. The highest BCUT2D eigenvalue weighted by Crippen LogP contribution is 2.42. The van der Waals surface area contributed by atoms with E-state index in [-0.39, 0.29) is 5.91 Å². The first kappa shape index (κ1) is 21.4. The van der Waals surface area contributed by atoms with Crippen LogP contribution in [0.1, 0.15) is 27.2 Å². The van der Waals surface area contributed by atoms with Gasteiger partial charge in [0, 0.05) is 56.4 Å². The average Bonchev–Trinajstić information content (AvgIpc) is 3.01. The van der Waals surface area contributed by atoms with Crippen LogP contribution in [0.25, 0.3) is 0 Å². The number of nitrogens with zero attached hydrogens (tertiary/aromatic N) is 2. The second-order valence-electron chi connectivity index (χ2n) is 7.55. The maximum atomic E-state index is 12.8. The van der Waals surface area contributed by atoms with Crippen LogP contribution in [0.5, 0.6) is 0 Å². The number of rotatable bonds is 5. The van der Waals surface area contributed by atoms with Crippen molar-refractivity contribution >= 4 is 40.7 Å². The van der Waals surface area contributed by atoms with Crippen LogP contribution in [0.2, 0.25) is 5.02 Å². The monoisotopic (exact) mass is 469 g/mol. The molecule has 1 N–H and O–H groups in total. The van der Waals surface area contributed by atoms with Crippen molar-refractivity contribution in [3.05, 3.63) is 119 Å². The molecule has 1 aliphatic rings. The molecule has 2 heterocycles. The Bertz CT molecular complexity index is 1350. The van der Waals surface area contributed by atoms with Gasteiger partial charge in [-0.05, 0) is 42.5 Å². The molecule has 5 rings (SSSR count). The number of hydrogen-bond donors (Lipinski definition) is 1. The molecule has 0 unspecified atom stereocenters. The van der Waals surface area contributed by atoms with Gasteiger partial charge >= 0.3 is 0 Å². The van der Waals surface area contributed by atoms with Gasteiger partial charge in [-0.2, -0.15) is 0 Å². The lowest BCUT2D eigenvalue weighted by Crippen LogP contribution is -2.25. The summed E-state index contributed by atoms with van der Waals surface area (Å²) >= 11 is 8.18. The molecule has 0 saturated carbocycles. The Morgan fingerprint density at radius 1 is 0.879 bits per heavy atom. The fourth-order valence-electron chi connectivity index (χ4n) is 3.69. The Morgan fingerprint density at radius 3 is 2.48 bits per heavy atom. The molecular weight excluding hydrogens is 450 g/mol. The largest absolute Gasteiger partial charge is 0.352 e. The summed E-state index contributed by atoms with van der Waals surface area (Å²) in [5, 5.41) is 3.63. The van der Waals surface area contributed by atoms with Gasteiger partial charge in [0.05, 0.1) is 11.4 Å². The molecule has 0 aliphatic carbocycles. The number of halogens is 1. The molecule has 1 aromatic heterocycles. The van der Waals surface area contributed by atoms with Gasteiger partial charge in [-0.25, -0.2) is 4.99 Å². The van der Waals surface area contributed by atoms with E-state index < -0.39 is 0 Å². The van der Waals surface area contributed by atoms with Gasteiger partial charge in [-0.15, -0.1) is 0 Å². The average molecular weight is 470 g/mol. The number of nitrogens with one attached hydrogen (secondary N) is 1. The third-order valence-corrected chi connectivity index (χ3v) is 6.81. The molecule has 4 aromatic rings. The van der Waals surface area contributed by atoms with Gasteiger partial charge in [0.15, 0.2) is 0 Å². The van der Waals surface area contributed by atoms with E-state index in [0.717, 1.165) is 38.0 Å². The highest BCUT2D eigenvalue weighted by atomic mass is 35.5. The summed E-state index contributed by atoms with van der Waals surface area (Å²) < 4.78 is 0. The fraction of sp³-hybridized carbons (Fsp3) is 0.0741. The van der Waals surface area contributed by atoms with Crippen LogP contribution < -0.4 is 5.32 Å². The molecule has 1 amide bonds. The maximum Gasteiger partial charge on any atom is 0.251 e. The highest BCUT2D eigenvalue weighted by molar-refractivity contribution is 7.99. The Morgan fingerprint density at radius 2 is 1.67 bits per heavy atom. The van der Waals surface area contributed by atoms with Crippen molar-refractivity contribution in [3.63, 3.8) is 0 Å². The highest BCUT2D eigenvalue weighted by Gasteiger charge is 2.21. The van der Waals surface area contributed by atoms with Crippen LogP contribution in [0.3, 0.4) is 0 Å². The number of carbonyl (C=O) groups excluding carboxylic acids is 1. The minimum atomic E-state index is -0.130. The van der Waals surface area contributed by atoms with Crippen molar-refractivity contribution in [1.29, 1.82) is 0 Å². The van der Waals surface area contributed by atoms with E-state index in [1.54, 1.807) is 18.0 Å². The summed E-state index contributed by atoms with van der Waals surface area (Å²) in [7, 11) is 0. The van der Waals surface area contributed by atoms with Crippen molar-refractivity contribution in [2.24, 2.45) is 4.99 Å². The van der Waals surface area contributed by atoms with Crippen molar-refractivity contribution in [3.8, 4) is 0 Å². The number of hydrogen-bond acceptors (Lipinski definition) is 4. The standard InChI is InChI=1S/C27H20ClN3OS/c28-22-10-3-1-8-20(22)26-21-9-2-4-11-24(21)33-25-13-12-18(17-23(25)31-26)27(32)30-16-14-19-7-5-6-15-29-19/h1-13,15,17H,14,16H2,(H,30,32). The number of benzene rings is 3. The summed E-state index contributed by atoms with van der Waals surface area (Å²) in [5.74, 6) is -0.130. The smallest absolute Gasteiger partial charge is 0.251 e. The van der Waals surface area contributed by atoms with Gasteiger partial charge in [0.25, 0.3) is 5.91 Å². The third-order valence-electron chi connectivity index (χ3n) is 5.34. The second-order valence-corrected chi connectivity index (χ2v) is 9.04. The Hall–Kier alpha value is -3.41. The molecule has 1 aliphatic heterocycles. The molecule has 0 bridgehead atoms. The van der Waals surface area contributed by atoms with E-state index in [1.165, 1.54) is 0 Å². The Labute approximate surface area is 201 Å². The van der Waals surface area contributed by atoms with Gasteiger partial charge < -0.3 is 5.32 Å². The SMILES string of the molecule is O=C(NCCc1ccccn1)c1ccc2c(c1)N=C(c1ccccc1Cl)c1ccccc1S2. The maximum absolute atomic E-state index is 12.8. The van der Waals surface area contributed by atoms with Gasteiger partial charge in [-0.3, -0.25) is 9.78 Å². The van der Waals surface area contributed by atoms with E-state index >= 15 is 0 Å². The first-order valence-corrected chi connectivity index (χ1v) is 11.8. The van der Waals surface area contributed by atoms with Crippen LogP contribution in [0.15, 0.2) is 106 Å². The van der Waals surface area contributed by atoms with E-state index in [9.17, 15) is 4.79 Å².